The molecule has 0 aliphatic carbocycles. The van der Waals surface area contributed by atoms with E-state index >= 15 is 0 Å². The number of nitrogens with zero attached hydrogens (tertiary/aromatic N) is 1. The van der Waals surface area contributed by atoms with Crippen molar-refractivity contribution in [3.8, 4) is 11.3 Å². The number of hydrogen-bond donors (Lipinski definition) is 2. The summed E-state index contributed by atoms with van der Waals surface area (Å²) in [4.78, 5) is 0. The lowest BCUT2D eigenvalue weighted by molar-refractivity contribution is 0.454. The van der Waals surface area contributed by atoms with Crippen LogP contribution in [0.4, 0.5) is 0 Å². The average Bonchev–Trinajstić information content (AvgIpc) is 2.99. The number of aromatic nitrogens is 2. The SMILES string of the molecule is CCCc1ccc(-c2cc(C3CCCNC3)[nH]n2)cc1. The molecule has 0 bridgehead atoms. The number of benzene rings is 1. The minimum absolute atomic E-state index is 0.587. The summed E-state index contributed by atoms with van der Waals surface area (Å²) in [5.74, 6) is 0.587. The highest BCUT2D eigenvalue weighted by Crippen LogP contribution is 2.25. The van der Waals surface area contributed by atoms with Crippen molar-refractivity contribution in [2.24, 2.45) is 0 Å². The molecule has 3 rings (SSSR count). The molecule has 20 heavy (non-hydrogen) atoms. The third-order valence-corrected chi connectivity index (χ3v) is 4.12. The zero-order chi connectivity index (χ0) is 13.8. The van der Waals surface area contributed by atoms with Gasteiger partial charge in [0.2, 0.25) is 0 Å². The number of nitrogens with one attached hydrogen (secondary N) is 2. The van der Waals surface area contributed by atoms with Crippen molar-refractivity contribution < 1.29 is 0 Å². The van der Waals surface area contributed by atoms with Crippen LogP contribution in [0.5, 0.6) is 0 Å². The van der Waals surface area contributed by atoms with Gasteiger partial charge >= 0.3 is 0 Å². The predicted octanol–water partition coefficient (Wildman–Crippen LogP) is 3.50. The fraction of sp³-hybridized carbons (Fsp3) is 0.471. The standard InChI is InChI=1S/C17H23N3/c1-2-4-13-6-8-14(9-7-13)16-11-17(20-19-16)15-5-3-10-18-12-15/h6-9,11,15,18H,2-5,10,12H2,1H3,(H,19,20). The molecule has 1 aromatic heterocycles. The molecule has 0 spiro atoms. The Labute approximate surface area is 120 Å². The third kappa shape index (κ3) is 2.93. The van der Waals surface area contributed by atoms with Crippen molar-refractivity contribution in [2.45, 2.75) is 38.5 Å². The molecule has 2 N–H and O–H groups in total. The highest BCUT2D eigenvalue weighted by atomic mass is 15.1. The third-order valence-electron chi connectivity index (χ3n) is 4.12. The first-order valence-electron chi connectivity index (χ1n) is 7.72. The Kier molecular flexibility index (Phi) is 4.16. The Morgan fingerprint density at radius 3 is 2.80 bits per heavy atom. The zero-order valence-corrected chi connectivity index (χ0v) is 12.2. The zero-order valence-electron chi connectivity index (χ0n) is 12.2. The van der Waals surface area contributed by atoms with Gasteiger partial charge in [0.1, 0.15) is 0 Å². The van der Waals surface area contributed by atoms with E-state index in [-0.39, 0.29) is 0 Å². The van der Waals surface area contributed by atoms with Gasteiger partial charge in [-0.3, -0.25) is 5.10 Å². The van der Waals surface area contributed by atoms with Gasteiger partial charge in [-0.2, -0.15) is 5.10 Å². The smallest absolute Gasteiger partial charge is 0.0923 e. The fourth-order valence-electron chi connectivity index (χ4n) is 2.94. The number of H-pyrrole nitrogens is 1. The molecular formula is C17H23N3. The van der Waals surface area contributed by atoms with Crippen LogP contribution in [0, 0.1) is 0 Å². The molecule has 1 unspecified atom stereocenters. The highest BCUT2D eigenvalue weighted by molar-refractivity contribution is 5.59. The van der Waals surface area contributed by atoms with Crippen molar-refractivity contribution >= 4 is 0 Å². The van der Waals surface area contributed by atoms with Crippen molar-refractivity contribution in [3.63, 3.8) is 0 Å². The molecule has 0 amide bonds. The fourth-order valence-corrected chi connectivity index (χ4v) is 2.94. The van der Waals surface area contributed by atoms with Gasteiger partial charge in [-0.1, -0.05) is 37.6 Å². The lowest BCUT2D eigenvalue weighted by Crippen LogP contribution is -2.28. The summed E-state index contributed by atoms with van der Waals surface area (Å²) < 4.78 is 0. The average molecular weight is 269 g/mol. The van der Waals surface area contributed by atoms with Crippen LogP contribution in [0.25, 0.3) is 11.3 Å². The summed E-state index contributed by atoms with van der Waals surface area (Å²) in [6, 6.07) is 11.0. The monoisotopic (exact) mass is 269 g/mol. The molecule has 106 valence electrons. The summed E-state index contributed by atoms with van der Waals surface area (Å²) in [7, 11) is 0. The van der Waals surface area contributed by atoms with Gasteiger partial charge in [-0.15, -0.1) is 0 Å². The van der Waals surface area contributed by atoms with E-state index in [2.05, 4.69) is 52.8 Å². The summed E-state index contributed by atoms with van der Waals surface area (Å²) >= 11 is 0. The van der Waals surface area contributed by atoms with E-state index in [1.54, 1.807) is 0 Å². The van der Waals surface area contributed by atoms with E-state index in [4.69, 9.17) is 0 Å². The van der Waals surface area contributed by atoms with Gasteiger partial charge in [-0.05, 0) is 37.4 Å². The van der Waals surface area contributed by atoms with Crippen molar-refractivity contribution in [1.82, 2.24) is 15.5 Å². The predicted molar refractivity (Wildman–Crippen MR) is 82.9 cm³/mol. The van der Waals surface area contributed by atoms with Crippen LogP contribution in [0.2, 0.25) is 0 Å². The first-order chi connectivity index (χ1) is 9.86. The first-order valence-corrected chi connectivity index (χ1v) is 7.72. The highest BCUT2D eigenvalue weighted by Gasteiger charge is 2.17. The summed E-state index contributed by atoms with van der Waals surface area (Å²) in [5, 5.41) is 11.2. The van der Waals surface area contributed by atoms with Crippen LogP contribution in [0.1, 0.15) is 43.4 Å². The Morgan fingerprint density at radius 2 is 2.10 bits per heavy atom. The lowest BCUT2D eigenvalue weighted by atomic mass is 9.95. The minimum atomic E-state index is 0.587. The maximum Gasteiger partial charge on any atom is 0.0923 e. The molecule has 1 atom stereocenters. The quantitative estimate of drug-likeness (QED) is 0.892. The van der Waals surface area contributed by atoms with Crippen molar-refractivity contribution in [1.29, 1.82) is 0 Å². The Bertz CT molecular complexity index is 536. The van der Waals surface area contributed by atoms with E-state index < -0.39 is 0 Å². The number of hydrogen-bond acceptors (Lipinski definition) is 2. The largest absolute Gasteiger partial charge is 0.316 e. The maximum atomic E-state index is 4.48. The molecule has 2 heterocycles. The number of aromatic amines is 1. The molecule has 1 aromatic carbocycles. The van der Waals surface area contributed by atoms with E-state index in [0.717, 1.165) is 25.2 Å². The van der Waals surface area contributed by atoms with Crippen molar-refractivity contribution in [3.05, 3.63) is 41.6 Å². The minimum Gasteiger partial charge on any atom is -0.316 e. The molecule has 3 nitrogen and oxygen atoms in total. The number of rotatable bonds is 4. The van der Waals surface area contributed by atoms with Gasteiger partial charge in [0.25, 0.3) is 0 Å². The molecule has 1 saturated heterocycles. The normalized spacial score (nSPS) is 19.1. The number of piperidine rings is 1. The van der Waals surface area contributed by atoms with Crippen LogP contribution < -0.4 is 5.32 Å². The first kappa shape index (κ1) is 13.4. The Hall–Kier alpha value is -1.61. The van der Waals surface area contributed by atoms with Crippen LogP contribution in [-0.4, -0.2) is 23.3 Å². The lowest BCUT2D eigenvalue weighted by Gasteiger charge is -2.21. The second-order valence-electron chi connectivity index (χ2n) is 5.70. The van der Waals surface area contributed by atoms with Crippen LogP contribution in [0.15, 0.2) is 30.3 Å². The topological polar surface area (TPSA) is 40.7 Å². The summed E-state index contributed by atoms with van der Waals surface area (Å²) in [6.45, 7) is 4.43. The second kappa shape index (κ2) is 6.23. The van der Waals surface area contributed by atoms with E-state index in [9.17, 15) is 0 Å². The van der Waals surface area contributed by atoms with Crippen LogP contribution in [-0.2, 0) is 6.42 Å². The molecule has 2 aromatic rings. The van der Waals surface area contributed by atoms with E-state index in [1.165, 1.54) is 36.1 Å². The Morgan fingerprint density at radius 1 is 1.25 bits per heavy atom. The maximum absolute atomic E-state index is 4.48. The second-order valence-corrected chi connectivity index (χ2v) is 5.70. The van der Waals surface area contributed by atoms with Crippen LogP contribution in [0.3, 0.4) is 0 Å². The number of aryl methyl sites for hydroxylation is 1. The molecular weight excluding hydrogens is 246 g/mol. The van der Waals surface area contributed by atoms with E-state index in [0.29, 0.717) is 5.92 Å². The molecule has 1 aliphatic rings. The summed E-state index contributed by atoms with van der Waals surface area (Å²) in [5.41, 5.74) is 4.94. The van der Waals surface area contributed by atoms with Gasteiger partial charge in [0.15, 0.2) is 0 Å². The van der Waals surface area contributed by atoms with Gasteiger partial charge < -0.3 is 5.32 Å². The van der Waals surface area contributed by atoms with Crippen LogP contribution >= 0.6 is 0 Å². The van der Waals surface area contributed by atoms with E-state index in [1.807, 2.05) is 0 Å². The molecule has 1 aliphatic heterocycles. The summed E-state index contributed by atoms with van der Waals surface area (Å²) in [6.07, 6.45) is 4.86. The van der Waals surface area contributed by atoms with Gasteiger partial charge in [-0.25, -0.2) is 0 Å². The molecule has 1 fully saturated rings. The molecule has 0 saturated carbocycles. The Balaban J connectivity index is 1.75. The molecule has 0 radical (unpaired) electrons. The van der Waals surface area contributed by atoms with Gasteiger partial charge in [0, 0.05) is 23.7 Å². The van der Waals surface area contributed by atoms with Gasteiger partial charge in [0.05, 0.1) is 5.69 Å². The van der Waals surface area contributed by atoms with Crippen molar-refractivity contribution in [2.75, 3.05) is 13.1 Å². The molecule has 3 heteroatoms.